The van der Waals surface area contributed by atoms with Crippen molar-refractivity contribution < 1.29 is 0 Å². The number of aromatic nitrogens is 2. The third kappa shape index (κ3) is 3.05. The molecular weight excluding hydrogens is 336 g/mol. The number of rotatable bonds is 2. The molecule has 0 atom stereocenters. The third-order valence-corrected chi connectivity index (χ3v) is 2.77. The molecule has 82 valence electrons. The molecule has 0 spiro atoms. The number of benzene rings is 1. The largest absolute Gasteiger partial charge is 0.340 e. The molecule has 0 saturated heterocycles. The predicted octanol–water partition coefficient (Wildman–Crippen LogP) is 3.79. The zero-order valence-electron chi connectivity index (χ0n) is 8.54. The van der Waals surface area contributed by atoms with E-state index in [0.29, 0.717) is 16.8 Å². The van der Waals surface area contributed by atoms with Gasteiger partial charge in [-0.05, 0) is 47.7 Å². The van der Waals surface area contributed by atoms with Crippen molar-refractivity contribution in [2.75, 3.05) is 5.32 Å². The van der Waals surface area contributed by atoms with Crippen molar-refractivity contribution in [3.8, 4) is 0 Å². The maximum Gasteiger partial charge on any atom is 0.135 e. The summed E-state index contributed by atoms with van der Waals surface area (Å²) in [5.41, 5.74) is 0.987. The molecule has 0 aliphatic rings. The van der Waals surface area contributed by atoms with E-state index in [9.17, 15) is 0 Å². The van der Waals surface area contributed by atoms with E-state index in [1.165, 1.54) is 3.57 Å². The van der Waals surface area contributed by atoms with Crippen LogP contribution in [-0.2, 0) is 0 Å². The minimum atomic E-state index is 0.445. The Morgan fingerprint density at radius 3 is 2.75 bits per heavy atom. The maximum absolute atomic E-state index is 5.86. The summed E-state index contributed by atoms with van der Waals surface area (Å²) in [6.45, 7) is 1.81. The highest BCUT2D eigenvalue weighted by Gasteiger charge is 2.00. The van der Waals surface area contributed by atoms with Gasteiger partial charge in [0.15, 0.2) is 0 Å². The molecule has 0 bridgehead atoms. The van der Waals surface area contributed by atoms with Crippen molar-refractivity contribution in [2.45, 2.75) is 6.92 Å². The molecule has 0 fully saturated rings. The average molecular weight is 346 g/mol. The molecule has 1 heterocycles. The summed E-state index contributed by atoms with van der Waals surface area (Å²) in [5.74, 6) is 1.36. The van der Waals surface area contributed by atoms with Gasteiger partial charge < -0.3 is 5.32 Å². The normalized spacial score (nSPS) is 10.2. The van der Waals surface area contributed by atoms with Crippen molar-refractivity contribution in [1.29, 1.82) is 0 Å². The molecular formula is C11H9ClIN3. The van der Waals surface area contributed by atoms with Crippen LogP contribution >= 0.6 is 34.2 Å². The standard InChI is InChI=1S/C11H9ClIN3/c1-7-14-10(12)6-11(15-7)16-9-4-2-3-8(13)5-9/h2-6H,1H3,(H,14,15,16). The Morgan fingerprint density at radius 1 is 1.25 bits per heavy atom. The lowest BCUT2D eigenvalue weighted by Crippen LogP contribution is -1.97. The summed E-state index contributed by atoms with van der Waals surface area (Å²) in [5, 5.41) is 3.63. The van der Waals surface area contributed by atoms with Gasteiger partial charge in [0.25, 0.3) is 0 Å². The predicted molar refractivity (Wildman–Crippen MR) is 74.2 cm³/mol. The van der Waals surface area contributed by atoms with Crippen LogP contribution in [0.5, 0.6) is 0 Å². The summed E-state index contributed by atoms with van der Waals surface area (Å²) in [7, 11) is 0. The zero-order chi connectivity index (χ0) is 11.5. The second-order valence-corrected chi connectivity index (χ2v) is 4.89. The number of hydrogen-bond acceptors (Lipinski definition) is 3. The monoisotopic (exact) mass is 345 g/mol. The van der Waals surface area contributed by atoms with E-state index in [2.05, 4.69) is 37.9 Å². The molecule has 1 aromatic carbocycles. The van der Waals surface area contributed by atoms with Crippen molar-refractivity contribution in [3.05, 3.63) is 44.9 Å². The Kier molecular flexibility index (Phi) is 3.60. The van der Waals surface area contributed by atoms with Gasteiger partial charge in [0.05, 0.1) is 0 Å². The minimum Gasteiger partial charge on any atom is -0.340 e. The lowest BCUT2D eigenvalue weighted by Gasteiger charge is -2.06. The highest BCUT2D eigenvalue weighted by Crippen LogP contribution is 2.19. The van der Waals surface area contributed by atoms with Crippen LogP contribution in [-0.4, -0.2) is 9.97 Å². The summed E-state index contributed by atoms with van der Waals surface area (Å²) < 4.78 is 1.17. The van der Waals surface area contributed by atoms with Crippen LogP contribution < -0.4 is 5.32 Å². The number of anilines is 2. The van der Waals surface area contributed by atoms with Gasteiger partial charge in [-0.2, -0.15) is 0 Å². The van der Waals surface area contributed by atoms with Gasteiger partial charge in [-0.25, -0.2) is 9.97 Å². The first kappa shape index (κ1) is 11.6. The maximum atomic E-state index is 5.86. The Morgan fingerprint density at radius 2 is 2.06 bits per heavy atom. The number of halogens is 2. The fraction of sp³-hybridized carbons (Fsp3) is 0.0909. The minimum absolute atomic E-state index is 0.445. The topological polar surface area (TPSA) is 37.8 Å². The lowest BCUT2D eigenvalue weighted by atomic mass is 10.3. The SMILES string of the molecule is Cc1nc(Cl)cc(Nc2cccc(I)c2)n1. The van der Waals surface area contributed by atoms with E-state index in [4.69, 9.17) is 11.6 Å². The second-order valence-electron chi connectivity index (χ2n) is 3.26. The van der Waals surface area contributed by atoms with Gasteiger partial charge >= 0.3 is 0 Å². The average Bonchev–Trinajstić information content (AvgIpc) is 2.15. The molecule has 2 aromatic rings. The van der Waals surface area contributed by atoms with Crippen LogP contribution in [0.1, 0.15) is 5.82 Å². The molecule has 0 amide bonds. The van der Waals surface area contributed by atoms with Gasteiger partial charge in [0.2, 0.25) is 0 Å². The van der Waals surface area contributed by atoms with E-state index in [1.807, 2.05) is 31.2 Å². The van der Waals surface area contributed by atoms with Crippen molar-refractivity contribution in [3.63, 3.8) is 0 Å². The number of nitrogens with zero attached hydrogens (tertiary/aromatic N) is 2. The molecule has 0 aliphatic carbocycles. The quantitative estimate of drug-likeness (QED) is 0.665. The molecule has 0 radical (unpaired) electrons. The van der Waals surface area contributed by atoms with Gasteiger partial charge in [0, 0.05) is 15.3 Å². The van der Waals surface area contributed by atoms with Crippen molar-refractivity contribution in [2.24, 2.45) is 0 Å². The Hall–Kier alpha value is -0.880. The second kappa shape index (κ2) is 4.97. The van der Waals surface area contributed by atoms with E-state index in [1.54, 1.807) is 6.07 Å². The molecule has 1 N–H and O–H groups in total. The van der Waals surface area contributed by atoms with Crippen LogP contribution in [0, 0.1) is 10.5 Å². The molecule has 3 nitrogen and oxygen atoms in total. The molecule has 0 unspecified atom stereocenters. The molecule has 5 heteroatoms. The lowest BCUT2D eigenvalue weighted by molar-refractivity contribution is 1.06. The van der Waals surface area contributed by atoms with Gasteiger partial charge in [-0.3, -0.25) is 0 Å². The zero-order valence-corrected chi connectivity index (χ0v) is 11.5. The van der Waals surface area contributed by atoms with Crippen LogP contribution in [0.2, 0.25) is 5.15 Å². The van der Waals surface area contributed by atoms with E-state index in [0.717, 1.165) is 5.69 Å². The van der Waals surface area contributed by atoms with Crippen LogP contribution in [0.4, 0.5) is 11.5 Å². The van der Waals surface area contributed by atoms with E-state index < -0.39 is 0 Å². The molecule has 0 saturated carbocycles. The summed E-state index contributed by atoms with van der Waals surface area (Å²) >= 11 is 8.12. The number of hydrogen-bond donors (Lipinski definition) is 1. The number of aryl methyl sites for hydroxylation is 1. The first-order valence-electron chi connectivity index (χ1n) is 4.67. The highest BCUT2D eigenvalue weighted by atomic mass is 127. The third-order valence-electron chi connectivity index (χ3n) is 1.90. The van der Waals surface area contributed by atoms with Gasteiger partial charge in [-0.1, -0.05) is 17.7 Å². The Bertz CT molecular complexity index is 496. The van der Waals surface area contributed by atoms with E-state index in [-0.39, 0.29) is 0 Å². The van der Waals surface area contributed by atoms with Gasteiger partial charge in [0.1, 0.15) is 16.8 Å². The van der Waals surface area contributed by atoms with Crippen LogP contribution in [0.3, 0.4) is 0 Å². The Labute approximate surface area is 112 Å². The highest BCUT2D eigenvalue weighted by molar-refractivity contribution is 14.1. The Balaban J connectivity index is 2.27. The van der Waals surface area contributed by atoms with Crippen molar-refractivity contribution in [1.82, 2.24) is 9.97 Å². The summed E-state index contributed by atoms with van der Waals surface area (Å²) in [4.78, 5) is 8.26. The molecule has 0 aliphatic heterocycles. The first-order chi connectivity index (χ1) is 7.63. The summed E-state index contributed by atoms with van der Waals surface area (Å²) in [6, 6.07) is 9.73. The first-order valence-corrected chi connectivity index (χ1v) is 6.13. The molecule has 1 aromatic heterocycles. The van der Waals surface area contributed by atoms with Crippen LogP contribution in [0.15, 0.2) is 30.3 Å². The number of nitrogens with one attached hydrogen (secondary N) is 1. The molecule has 16 heavy (non-hydrogen) atoms. The fourth-order valence-electron chi connectivity index (χ4n) is 1.31. The summed E-state index contributed by atoms with van der Waals surface area (Å²) in [6.07, 6.45) is 0. The van der Waals surface area contributed by atoms with Crippen molar-refractivity contribution >= 4 is 45.7 Å². The fourth-order valence-corrected chi connectivity index (χ4v) is 2.08. The molecule has 2 rings (SSSR count). The van der Waals surface area contributed by atoms with Crippen LogP contribution in [0.25, 0.3) is 0 Å². The van der Waals surface area contributed by atoms with E-state index >= 15 is 0 Å². The van der Waals surface area contributed by atoms with Gasteiger partial charge in [-0.15, -0.1) is 0 Å². The smallest absolute Gasteiger partial charge is 0.135 e.